The van der Waals surface area contributed by atoms with Crippen molar-refractivity contribution in [1.29, 1.82) is 0 Å². The van der Waals surface area contributed by atoms with Gasteiger partial charge >= 0.3 is 0 Å². The summed E-state index contributed by atoms with van der Waals surface area (Å²) in [4.78, 5) is 14.4. The zero-order valence-electron chi connectivity index (χ0n) is 15.0. The summed E-state index contributed by atoms with van der Waals surface area (Å²) in [7, 11) is 1.65. The molecule has 0 N–H and O–H groups in total. The van der Waals surface area contributed by atoms with Crippen LogP contribution in [0.2, 0.25) is 5.02 Å². The summed E-state index contributed by atoms with van der Waals surface area (Å²) in [5.41, 5.74) is 4.74. The van der Waals surface area contributed by atoms with Crippen LogP contribution in [0.4, 0.5) is 0 Å². The summed E-state index contributed by atoms with van der Waals surface area (Å²) in [6.07, 6.45) is 0. The number of methoxy groups -OCH3 is 1. The molecule has 0 aliphatic carbocycles. The molecule has 0 saturated heterocycles. The van der Waals surface area contributed by atoms with Crippen LogP contribution in [-0.2, 0) is 0 Å². The van der Waals surface area contributed by atoms with Crippen molar-refractivity contribution in [3.63, 3.8) is 0 Å². The van der Waals surface area contributed by atoms with Gasteiger partial charge in [-0.05, 0) is 48.5 Å². The Morgan fingerprint density at radius 2 is 1.57 bits per heavy atom. The normalized spacial score (nSPS) is 11.2. The number of halogens is 1. The highest BCUT2D eigenvalue weighted by molar-refractivity contribution is 6.30. The van der Waals surface area contributed by atoms with Crippen LogP contribution in [0.5, 0.6) is 5.75 Å². The second-order valence-corrected chi connectivity index (χ2v) is 6.78. The third-order valence-corrected chi connectivity index (χ3v) is 4.84. The number of ether oxygens (including phenoxy) is 1. The molecule has 2 heterocycles. The molecule has 0 aliphatic heterocycles. The summed E-state index contributed by atoms with van der Waals surface area (Å²) in [5.74, 6) is 1.50. The zero-order valence-corrected chi connectivity index (χ0v) is 15.8. The third-order valence-electron chi connectivity index (χ3n) is 4.58. The number of fused-ring (bicyclic) bond motifs is 2. The van der Waals surface area contributed by atoms with Crippen molar-refractivity contribution in [3.8, 4) is 22.8 Å². The fourth-order valence-electron chi connectivity index (χ4n) is 3.24. The molecule has 3 aromatic carbocycles. The second kappa shape index (κ2) is 6.62. The predicted molar refractivity (Wildman–Crippen MR) is 111 cm³/mol. The van der Waals surface area contributed by atoms with Crippen molar-refractivity contribution in [2.24, 2.45) is 0 Å². The average molecular weight is 387 g/mol. The lowest BCUT2D eigenvalue weighted by molar-refractivity contribution is 0.414. The first-order valence-electron chi connectivity index (χ1n) is 8.78. The minimum atomic E-state index is 0.589. The Bertz CT molecular complexity index is 1310. The first-order valence-corrected chi connectivity index (χ1v) is 9.16. The lowest BCUT2D eigenvalue weighted by Crippen LogP contribution is -1.99. The molecule has 0 radical (unpaired) electrons. The highest BCUT2D eigenvalue weighted by Gasteiger charge is 2.18. The van der Waals surface area contributed by atoms with E-state index in [1.165, 1.54) is 0 Å². The number of hydrogen-bond acceptors (Lipinski definition) is 4. The fraction of sp³-hybridized carbons (Fsp3) is 0.0455. The molecular formula is C22H15ClN4O. The molecule has 0 unspecified atom stereocenters. The number of aromatic nitrogens is 4. The molecule has 2 aromatic heterocycles. The molecule has 5 aromatic rings. The molecule has 0 saturated carbocycles. The Morgan fingerprint density at radius 1 is 0.821 bits per heavy atom. The van der Waals surface area contributed by atoms with E-state index in [0.29, 0.717) is 16.3 Å². The summed E-state index contributed by atoms with van der Waals surface area (Å²) in [5, 5.41) is 0.676. The predicted octanol–water partition coefficient (Wildman–Crippen LogP) is 5.30. The van der Waals surface area contributed by atoms with Gasteiger partial charge in [-0.25, -0.2) is 15.0 Å². The summed E-state index contributed by atoms with van der Waals surface area (Å²) in [6.45, 7) is 0. The Hall–Kier alpha value is -3.44. The standard InChI is InChI=1S/C22H15ClN4O/c1-28-17-6-4-5-16(13-17)27-21(14-9-11-15(23)12-10-14)26-20-22(27)25-19-8-3-2-7-18(19)24-20/h2-13H,1H3. The van der Waals surface area contributed by atoms with Crippen LogP contribution in [0.25, 0.3) is 39.4 Å². The molecule has 0 amide bonds. The number of imidazole rings is 1. The first kappa shape index (κ1) is 16.7. The van der Waals surface area contributed by atoms with Crippen molar-refractivity contribution in [1.82, 2.24) is 19.5 Å². The average Bonchev–Trinajstić information content (AvgIpc) is 3.10. The number of benzene rings is 3. The summed E-state index contributed by atoms with van der Waals surface area (Å²) < 4.78 is 7.41. The van der Waals surface area contributed by atoms with Gasteiger partial charge in [0.25, 0.3) is 0 Å². The molecule has 5 nitrogen and oxygen atoms in total. The Morgan fingerprint density at radius 3 is 2.32 bits per heavy atom. The van der Waals surface area contributed by atoms with Gasteiger partial charge in [0.15, 0.2) is 11.3 Å². The van der Waals surface area contributed by atoms with E-state index in [-0.39, 0.29) is 0 Å². The van der Waals surface area contributed by atoms with E-state index in [0.717, 1.165) is 33.9 Å². The Balaban J connectivity index is 1.86. The van der Waals surface area contributed by atoms with Gasteiger partial charge in [-0.15, -0.1) is 0 Å². The summed E-state index contributed by atoms with van der Waals surface area (Å²) in [6, 6.07) is 23.2. The molecule has 136 valence electrons. The van der Waals surface area contributed by atoms with Gasteiger partial charge in [-0.2, -0.15) is 0 Å². The van der Waals surface area contributed by atoms with E-state index < -0.39 is 0 Å². The van der Waals surface area contributed by atoms with E-state index in [1.54, 1.807) is 7.11 Å². The van der Waals surface area contributed by atoms with Crippen LogP contribution in [0.3, 0.4) is 0 Å². The van der Waals surface area contributed by atoms with Crippen LogP contribution >= 0.6 is 11.6 Å². The number of rotatable bonds is 3. The minimum Gasteiger partial charge on any atom is -0.497 e. The molecule has 0 spiro atoms. The van der Waals surface area contributed by atoms with E-state index in [1.807, 2.05) is 77.4 Å². The number of hydrogen-bond donors (Lipinski definition) is 0. The van der Waals surface area contributed by atoms with Crippen molar-refractivity contribution in [3.05, 3.63) is 77.8 Å². The zero-order chi connectivity index (χ0) is 19.1. The molecule has 0 fully saturated rings. The third kappa shape index (κ3) is 2.77. The van der Waals surface area contributed by atoms with Gasteiger partial charge in [0.05, 0.1) is 23.8 Å². The highest BCUT2D eigenvalue weighted by Crippen LogP contribution is 2.30. The maximum absolute atomic E-state index is 6.08. The lowest BCUT2D eigenvalue weighted by Gasteiger charge is -2.10. The van der Waals surface area contributed by atoms with E-state index in [4.69, 9.17) is 31.3 Å². The quantitative estimate of drug-likeness (QED) is 0.422. The van der Waals surface area contributed by atoms with Gasteiger partial charge in [-0.1, -0.05) is 29.8 Å². The van der Waals surface area contributed by atoms with Crippen LogP contribution in [0.15, 0.2) is 72.8 Å². The van der Waals surface area contributed by atoms with Gasteiger partial charge in [0.1, 0.15) is 11.6 Å². The van der Waals surface area contributed by atoms with Crippen LogP contribution in [0, 0.1) is 0 Å². The van der Waals surface area contributed by atoms with E-state index >= 15 is 0 Å². The van der Waals surface area contributed by atoms with Gasteiger partial charge in [0, 0.05) is 16.7 Å². The topological polar surface area (TPSA) is 52.8 Å². The Kier molecular flexibility index (Phi) is 3.95. The molecule has 5 rings (SSSR count). The minimum absolute atomic E-state index is 0.589. The maximum atomic E-state index is 6.08. The largest absolute Gasteiger partial charge is 0.497 e. The smallest absolute Gasteiger partial charge is 0.199 e. The van der Waals surface area contributed by atoms with Crippen molar-refractivity contribution in [2.45, 2.75) is 0 Å². The first-order chi connectivity index (χ1) is 13.7. The maximum Gasteiger partial charge on any atom is 0.199 e. The lowest BCUT2D eigenvalue weighted by atomic mass is 10.2. The SMILES string of the molecule is COc1cccc(-n2c(-c3ccc(Cl)cc3)nc3nc4ccccc4nc32)c1. The van der Waals surface area contributed by atoms with E-state index in [9.17, 15) is 0 Å². The molecule has 28 heavy (non-hydrogen) atoms. The van der Waals surface area contributed by atoms with Gasteiger partial charge in [0.2, 0.25) is 0 Å². The second-order valence-electron chi connectivity index (χ2n) is 6.34. The monoisotopic (exact) mass is 386 g/mol. The number of nitrogens with zero attached hydrogens (tertiary/aromatic N) is 4. The van der Waals surface area contributed by atoms with Crippen LogP contribution in [0.1, 0.15) is 0 Å². The van der Waals surface area contributed by atoms with Crippen molar-refractivity contribution < 1.29 is 4.74 Å². The van der Waals surface area contributed by atoms with Crippen molar-refractivity contribution >= 4 is 33.9 Å². The Labute approximate surface area is 166 Å². The van der Waals surface area contributed by atoms with Gasteiger partial charge in [-0.3, -0.25) is 4.57 Å². The molecule has 0 bridgehead atoms. The highest BCUT2D eigenvalue weighted by atomic mass is 35.5. The fourth-order valence-corrected chi connectivity index (χ4v) is 3.37. The van der Waals surface area contributed by atoms with Crippen LogP contribution in [-0.4, -0.2) is 26.6 Å². The van der Waals surface area contributed by atoms with Gasteiger partial charge < -0.3 is 4.74 Å². The van der Waals surface area contributed by atoms with E-state index in [2.05, 4.69) is 0 Å². The van der Waals surface area contributed by atoms with Crippen LogP contribution < -0.4 is 4.74 Å². The molecular weight excluding hydrogens is 372 g/mol. The molecule has 0 atom stereocenters. The number of para-hydroxylation sites is 2. The molecule has 6 heteroatoms. The molecule has 0 aliphatic rings. The summed E-state index contributed by atoms with van der Waals surface area (Å²) >= 11 is 6.08. The van der Waals surface area contributed by atoms with Crippen molar-refractivity contribution in [2.75, 3.05) is 7.11 Å².